The van der Waals surface area contributed by atoms with Crippen molar-refractivity contribution in [2.75, 3.05) is 24.3 Å². The zero-order valence-corrected chi connectivity index (χ0v) is 14.0. The Morgan fingerprint density at radius 3 is 2.96 bits per heavy atom. The number of nitrogens with two attached hydrogens (primary N) is 1. The molecule has 1 aromatic carbocycles. The van der Waals surface area contributed by atoms with E-state index in [2.05, 4.69) is 44.5 Å². The van der Waals surface area contributed by atoms with Gasteiger partial charge in [-0.25, -0.2) is 15.0 Å². The zero-order valence-electron chi connectivity index (χ0n) is 13.2. The van der Waals surface area contributed by atoms with Crippen LogP contribution in [0.5, 0.6) is 0 Å². The fourth-order valence-corrected chi connectivity index (χ4v) is 3.78. The lowest BCUT2D eigenvalue weighted by Crippen LogP contribution is -2.17. The number of ether oxygens (including phenoxy) is 1. The largest absolute Gasteiger partial charge is 0.381 e. The topological polar surface area (TPSA) is 86.0 Å². The number of nitrogens with zero attached hydrogens (tertiary/aromatic N) is 3. The maximum Gasteiger partial charge on any atom is 0.182 e. The monoisotopic (exact) mass is 341 g/mol. The van der Waals surface area contributed by atoms with Crippen LogP contribution in [-0.2, 0) is 4.74 Å². The van der Waals surface area contributed by atoms with Crippen molar-refractivity contribution in [2.24, 2.45) is 5.92 Å². The summed E-state index contributed by atoms with van der Waals surface area (Å²) in [5.74, 6) is 1.29. The van der Waals surface area contributed by atoms with Gasteiger partial charge in [0, 0.05) is 13.2 Å². The van der Waals surface area contributed by atoms with Crippen molar-refractivity contribution < 1.29 is 4.74 Å². The highest BCUT2D eigenvalue weighted by atomic mass is 32.1. The molecule has 0 saturated carbocycles. The van der Waals surface area contributed by atoms with Crippen LogP contribution in [0.4, 0.5) is 10.9 Å². The first kappa shape index (κ1) is 15.3. The molecule has 3 heterocycles. The van der Waals surface area contributed by atoms with E-state index in [1.54, 1.807) is 6.33 Å². The van der Waals surface area contributed by atoms with Crippen molar-refractivity contribution in [1.29, 1.82) is 0 Å². The van der Waals surface area contributed by atoms with E-state index in [1.807, 2.05) is 6.07 Å². The second-order valence-corrected chi connectivity index (χ2v) is 7.01. The van der Waals surface area contributed by atoms with Gasteiger partial charge >= 0.3 is 0 Å². The van der Waals surface area contributed by atoms with Gasteiger partial charge in [-0.05, 0) is 24.3 Å². The van der Waals surface area contributed by atoms with Crippen LogP contribution in [0.2, 0.25) is 0 Å². The molecule has 0 aliphatic carbocycles. The number of nitrogen functional groups attached to an aromatic ring is 1. The van der Waals surface area contributed by atoms with Crippen molar-refractivity contribution in [2.45, 2.75) is 18.9 Å². The Bertz CT molecular complexity index is 816. The predicted molar refractivity (Wildman–Crippen MR) is 96.0 cm³/mol. The molecular formula is C17H19N5OS. The highest BCUT2D eigenvalue weighted by Gasteiger charge is 2.23. The minimum atomic E-state index is 0.152. The van der Waals surface area contributed by atoms with Crippen LogP contribution < -0.4 is 11.1 Å². The van der Waals surface area contributed by atoms with E-state index in [0.29, 0.717) is 11.0 Å². The van der Waals surface area contributed by atoms with E-state index in [9.17, 15) is 0 Å². The molecule has 1 aliphatic rings. The summed E-state index contributed by atoms with van der Waals surface area (Å²) in [6.07, 6.45) is 3.66. The Labute approximate surface area is 144 Å². The Morgan fingerprint density at radius 1 is 1.29 bits per heavy atom. The molecule has 0 bridgehead atoms. The minimum absolute atomic E-state index is 0.152. The summed E-state index contributed by atoms with van der Waals surface area (Å²) in [5, 5.41) is 4.07. The summed E-state index contributed by atoms with van der Waals surface area (Å²) in [6, 6.07) is 10.6. The molecule has 3 aromatic rings. The molecular weight excluding hydrogens is 322 g/mol. The second-order valence-electron chi connectivity index (χ2n) is 6.00. The number of anilines is 2. The quantitative estimate of drug-likeness (QED) is 0.741. The van der Waals surface area contributed by atoms with Gasteiger partial charge < -0.3 is 15.8 Å². The van der Waals surface area contributed by atoms with Crippen LogP contribution in [0, 0.1) is 5.92 Å². The molecule has 4 rings (SSSR count). The fourth-order valence-electron chi connectivity index (χ4n) is 3.11. The van der Waals surface area contributed by atoms with Gasteiger partial charge in [-0.3, -0.25) is 0 Å². The summed E-state index contributed by atoms with van der Waals surface area (Å²) >= 11 is 1.38. The lowest BCUT2D eigenvalue weighted by Gasteiger charge is -2.22. The van der Waals surface area contributed by atoms with Gasteiger partial charge in [0.25, 0.3) is 0 Å². The molecule has 1 fully saturated rings. The fraction of sp³-hybridized carbons (Fsp3) is 0.353. The van der Waals surface area contributed by atoms with Crippen molar-refractivity contribution >= 4 is 32.6 Å². The molecule has 1 aliphatic heterocycles. The molecule has 6 nitrogen and oxygen atoms in total. The van der Waals surface area contributed by atoms with E-state index in [1.165, 1.54) is 16.9 Å². The number of hydrogen-bond acceptors (Lipinski definition) is 7. The van der Waals surface area contributed by atoms with Gasteiger partial charge in [-0.2, -0.15) is 0 Å². The lowest BCUT2D eigenvalue weighted by molar-refractivity contribution is 0.183. The van der Waals surface area contributed by atoms with Gasteiger partial charge in [-0.1, -0.05) is 41.7 Å². The third-order valence-electron chi connectivity index (χ3n) is 4.32. The standard InChI is InChI=1S/C17H19N5OS/c18-17-22-14-15(19-10-20-16(14)24-17)21-13(8-11-6-7-23-9-11)12-4-2-1-3-5-12/h1-5,10-11,13H,6-9H2,(H2,18,22)(H,19,20,21). The van der Waals surface area contributed by atoms with Crippen molar-refractivity contribution in [1.82, 2.24) is 15.0 Å². The summed E-state index contributed by atoms with van der Waals surface area (Å²) in [7, 11) is 0. The third kappa shape index (κ3) is 3.18. The average Bonchev–Trinajstić information content (AvgIpc) is 3.24. The number of nitrogens with one attached hydrogen (secondary N) is 1. The number of benzene rings is 1. The van der Waals surface area contributed by atoms with E-state index in [-0.39, 0.29) is 6.04 Å². The van der Waals surface area contributed by atoms with Crippen LogP contribution >= 0.6 is 11.3 Å². The second kappa shape index (κ2) is 6.70. The van der Waals surface area contributed by atoms with Crippen molar-refractivity contribution in [3.05, 3.63) is 42.2 Å². The lowest BCUT2D eigenvalue weighted by atomic mass is 9.94. The third-order valence-corrected chi connectivity index (χ3v) is 5.11. The molecule has 7 heteroatoms. The molecule has 24 heavy (non-hydrogen) atoms. The molecule has 2 unspecified atom stereocenters. The van der Waals surface area contributed by atoms with Gasteiger partial charge in [0.15, 0.2) is 15.8 Å². The Kier molecular flexibility index (Phi) is 4.27. The van der Waals surface area contributed by atoms with E-state index in [4.69, 9.17) is 10.5 Å². The summed E-state index contributed by atoms with van der Waals surface area (Å²) < 4.78 is 5.54. The van der Waals surface area contributed by atoms with E-state index < -0.39 is 0 Å². The Balaban J connectivity index is 1.65. The molecule has 2 aromatic heterocycles. The first-order valence-electron chi connectivity index (χ1n) is 8.06. The van der Waals surface area contributed by atoms with Crippen LogP contribution in [0.25, 0.3) is 10.3 Å². The van der Waals surface area contributed by atoms with Crippen LogP contribution in [0.3, 0.4) is 0 Å². The highest BCUT2D eigenvalue weighted by molar-refractivity contribution is 7.21. The number of fused-ring (bicyclic) bond motifs is 1. The predicted octanol–water partition coefficient (Wildman–Crippen LogP) is 3.25. The minimum Gasteiger partial charge on any atom is -0.381 e. The number of thiazole rings is 1. The smallest absolute Gasteiger partial charge is 0.182 e. The maximum atomic E-state index is 5.83. The van der Waals surface area contributed by atoms with Gasteiger partial charge in [0.1, 0.15) is 11.8 Å². The van der Waals surface area contributed by atoms with Gasteiger partial charge in [0.05, 0.1) is 6.04 Å². The number of aromatic nitrogens is 3. The first-order chi connectivity index (χ1) is 11.8. The van der Waals surface area contributed by atoms with Crippen LogP contribution in [-0.4, -0.2) is 28.2 Å². The van der Waals surface area contributed by atoms with Crippen LogP contribution in [0.15, 0.2) is 36.7 Å². The summed E-state index contributed by atoms with van der Waals surface area (Å²) in [5.41, 5.74) is 7.80. The highest BCUT2D eigenvalue weighted by Crippen LogP contribution is 2.32. The van der Waals surface area contributed by atoms with E-state index in [0.717, 1.165) is 42.2 Å². The normalized spacial score (nSPS) is 18.8. The van der Waals surface area contributed by atoms with Crippen molar-refractivity contribution in [3.8, 4) is 0 Å². The first-order valence-corrected chi connectivity index (χ1v) is 8.87. The average molecular weight is 341 g/mol. The zero-order chi connectivity index (χ0) is 16.4. The Morgan fingerprint density at radius 2 is 2.17 bits per heavy atom. The molecule has 1 saturated heterocycles. The molecule has 0 radical (unpaired) electrons. The van der Waals surface area contributed by atoms with Gasteiger partial charge in [-0.15, -0.1) is 0 Å². The summed E-state index contributed by atoms with van der Waals surface area (Å²) in [6.45, 7) is 1.68. The Hall–Kier alpha value is -2.25. The van der Waals surface area contributed by atoms with Crippen molar-refractivity contribution in [3.63, 3.8) is 0 Å². The van der Waals surface area contributed by atoms with E-state index >= 15 is 0 Å². The molecule has 2 atom stereocenters. The SMILES string of the molecule is Nc1nc2c(NC(CC3CCOC3)c3ccccc3)ncnc2s1. The van der Waals surface area contributed by atoms with Gasteiger partial charge in [0.2, 0.25) is 0 Å². The molecule has 124 valence electrons. The number of hydrogen-bond donors (Lipinski definition) is 2. The summed E-state index contributed by atoms with van der Waals surface area (Å²) in [4.78, 5) is 13.8. The molecule has 3 N–H and O–H groups in total. The van der Waals surface area contributed by atoms with Crippen LogP contribution in [0.1, 0.15) is 24.4 Å². The maximum absolute atomic E-state index is 5.83. The number of rotatable bonds is 5. The molecule has 0 spiro atoms. The molecule has 0 amide bonds.